The minimum atomic E-state index is -0.897. The van der Waals surface area contributed by atoms with E-state index in [1.807, 2.05) is 0 Å². The van der Waals surface area contributed by atoms with E-state index in [9.17, 15) is 4.79 Å². The average Bonchev–Trinajstić information content (AvgIpc) is 2.04. The highest BCUT2D eigenvalue weighted by atomic mass is 16.4. The molecule has 1 rings (SSSR count). The molecule has 0 aliphatic carbocycles. The summed E-state index contributed by atoms with van der Waals surface area (Å²) in [5.74, 6) is -0.864. The number of likely N-dealkylation sites (tertiary alicyclic amines) is 1. The second-order valence-electron chi connectivity index (χ2n) is 3.07. The predicted octanol–water partition coefficient (Wildman–Crippen LogP) is 0.0780. The molecule has 1 aliphatic heterocycles. The monoisotopic (exact) mass is 172 g/mol. The molecule has 1 radical (unpaired) electrons. The Morgan fingerprint density at radius 2 is 2.25 bits per heavy atom. The maximum absolute atomic E-state index is 10.7. The Labute approximate surface area is 71.8 Å². The van der Waals surface area contributed by atoms with Crippen LogP contribution in [0.3, 0.4) is 0 Å². The van der Waals surface area contributed by atoms with E-state index in [0.717, 1.165) is 12.8 Å². The van der Waals surface area contributed by atoms with E-state index in [0.29, 0.717) is 13.0 Å². The lowest BCUT2D eigenvalue weighted by Gasteiger charge is -2.34. The number of aliphatic hydroxyl groups is 1. The van der Waals surface area contributed by atoms with Crippen LogP contribution in [-0.4, -0.2) is 39.9 Å². The molecule has 0 spiro atoms. The summed E-state index contributed by atoms with van der Waals surface area (Å²) in [6.45, 7) is 4.04. The molecule has 12 heavy (non-hydrogen) atoms. The maximum atomic E-state index is 10.7. The molecule has 0 aromatic carbocycles. The topological polar surface area (TPSA) is 60.8 Å². The largest absolute Gasteiger partial charge is 0.480 e. The third kappa shape index (κ3) is 1.95. The number of aliphatic hydroxyl groups excluding tert-OH is 1. The van der Waals surface area contributed by atoms with Gasteiger partial charge in [-0.2, -0.15) is 0 Å². The SMILES string of the molecule is [CH2]C(O)N1CCCCC1C(=O)O. The van der Waals surface area contributed by atoms with Crippen LogP contribution in [-0.2, 0) is 4.79 Å². The molecular formula is C8H14NO3. The molecule has 69 valence electrons. The van der Waals surface area contributed by atoms with E-state index in [2.05, 4.69) is 6.92 Å². The van der Waals surface area contributed by atoms with Crippen molar-refractivity contribution in [2.24, 2.45) is 0 Å². The maximum Gasteiger partial charge on any atom is 0.320 e. The zero-order valence-corrected chi connectivity index (χ0v) is 6.94. The summed E-state index contributed by atoms with van der Waals surface area (Å²) in [6.07, 6.45) is 1.57. The fourth-order valence-electron chi connectivity index (χ4n) is 1.58. The number of carboxylic acid groups (broad SMARTS) is 1. The number of rotatable bonds is 2. The first kappa shape index (κ1) is 9.48. The van der Waals surface area contributed by atoms with Crippen LogP contribution in [0.1, 0.15) is 19.3 Å². The van der Waals surface area contributed by atoms with Crippen molar-refractivity contribution in [2.45, 2.75) is 31.5 Å². The number of carboxylic acids is 1. The molecule has 0 aromatic heterocycles. The molecule has 0 saturated carbocycles. The van der Waals surface area contributed by atoms with Crippen molar-refractivity contribution < 1.29 is 15.0 Å². The van der Waals surface area contributed by atoms with E-state index in [1.54, 1.807) is 0 Å². The van der Waals surface area contributed by atoms with Crippen molar-refractivity contribution in [2.75, 3.05) is 6.54 Å². The number of nitrogens with zero attached hydrogens (tertiary/aromatic N) is 1. The fraction of sp³-hybridized carbons (Fsp3) is 0.750. The van der Waals surface area contributed by atoms with Gasteiger partial charge in [0.2, 0.25) is 0 Å². The lowest BCUT2D eigenvalue weighted by Crippen LogP contribution is -2.49. The molecular weight excluding hydrogens is 158 g/mol. The number of hydrogen-bond donors (Lipinski definition) is 2. The van der Waals surface area contributed by atoms with Gasteiger partial charge >= 0.3 is 5.97 Å². The highest BCUT2D eigenvalue weighted by Gasteiger charge is 2.30. The van der Waals surface area contributed by atoms with Crippen molar-refractivity contribution in [1.82, 2.24) is 4.90 Å². The van der Waals surface area contributed by atoms with Gasteiger partial charge in [0.25, 0.3) is 0 Å². The van der Waals surface area contributed by atoms with E-state index in [4.69, 9.17) is 10.2 Å². The average molecular weight is 172 g/mol. The zero-order chi connectivity index (χ0) is 9.14. The Kier molecular flexibility index (Phi) is 3.05. The summed E-state index contributed by atoms with van der Waals surface area (Å²) in [5, 5.41) is 17.9. The quantitative estimate of drug-likeness (QED) is 0.619. The van der Waals surface area contributed by atoms with Crippen LogP contribution in [0.15, 0.2) is 0 Å². The Morgan fingerprint density at radius 1 is 1.58 bits per heavy atom. The Morgan fingerprint density at radius 3 is 2.67 bits per heavy atom. The van der Waals surface area contributed by atoms with Crippen molar-refractivity contribution in [3.8, 4) is 0 Å². The highest BCUT2D eigenvalue weighted by molar-refractivity contribution is 5.73. The van der Waals surface area contributed by atoms with E-state index in [-0.39, 0.29) is 0 Å². The standard InChI is InChI=1S/C8H14NO3/c1-6(10)9-5-3-2-4-7(9)8(11)12/h6-7,10H,1-5H2,(H,11,12). The van der Waals surface area contributed by atoms with Crippen LogP contribution < -0.4 is 0 Å². The third-order valence-corrected chi connectivity index (χ3v) is 2.21. The van der Waals surface area contributed by atoms with Gasteiger partial charge < -0.3 is 10.2 Å². The molecule has 4 heteroatoms. The molecule has 1 saturated heterocycles. The second kappa shape index (κ2) is 3.87. The van der Waals surface area contributed by atoms with Gasteiger partial charge in [-0.1, -0.05) is 6.42 Å². The fourth-order valence-corrected chi connectivity index (χ4v) is 1.58. The predicted molar refractivity (Wildman–Crippen MR) is 43.3 cm³/mol. The van der Waals surface area contributed by atoms with Gasteiger partial charge in [-0.25, -0.2) is 0 Å². The van der Waals surface area contributed by atoms with Gasteiger partial charge in [0.05, 0.1) is 0 Å². The van der Waals surface area contributed by atoms with Crippen molar-refractivity contribution in [3.63, 3.8) is 0 Å². The van der Waals surface area contributed by atoms with Crippen LogP contribution in [0.4, 0.5) is 0 Å². The molecule has 0 aromatic rings. The van der Waals surface area contributed by atoms with E-state index < -0.39 is 18.2 Å². The van der Waals surface area contributed by atoms with Gasteiger partial charge in [-0.05, 0) is 19.8 Å². The lowest BCUT2D eigenvalue weighted by atomic mass is 10.0. The summed E-state index contributed by atoms with van der Waals surface area (Å²) in [6, 6.07) is -0.550. The number of aliphatic carboxylic acids is 1. The molecule has 2 N–H and O–H groups in total. The molecule has 4 nitrogen and oxygen atoms in total. The number of hydrogen-bond acceptors (Lipinski definition) is 3. The first-order valence-corrected chi connectivity index (χ1v) is 4.12. The molecule has 2 atom stereocenters. The molecule has 1 heterocycles. The summed E-state index contributed by atoms with van der Waals surface area (Å²) in [5.41, 5.74) is 0. The van der Waals surface area contributed by atoms with Crippen molar-refractivity contribution in [1.29, 1.82) is 0 Å². The van der Waals surface area contributed by atoms with Gasteiger partial charge in [-0.3, -0.25) is 9.69 Å². The molecule has 1 fully saturated rings. The van der Waals surface area contributed by atoms with Crippen LogP contribution in [0, 0.1) is 6.92 Å². The van der Waals surface area contributed by atoms with Gasteiger partial charge in [0, 0.05) is 6.54 Å². The highest BCUT2D eigenvalue weighted by Crippen LogP contribution is 2.18. The summed E-state index contributed by atoms with van der Waals surface area (Å²) in [4.78, 5) is 12.2. The molecule has 0 bridgehead atoms. The Hall–Kier alpha value is -0.610. The summed E-state index contributed by atoms with van der Waals surface area (Å²) < 4.78 is 0. The zero-order valence-electron chi connectivity index (χ0n) is 6.94. The lowest BCUT2D eigenvalue weighted by molar-refractivity contribution is -0.149. The first-order valence-electron chi connectivity index (χ1n) is 4.12. The summed E-state index contributed by atoms with van der Waals surface area (Å²) in [7, 11) is 0. The van der Waals surface area contributed by atoms with Gasteiger partial charge in [0.1, 0.15) is 12.3 Å². The van der Waals surface area contributed by atoms with E-state index in [1.165, 1.54) is 4.90 Å². The normalized spacial score (nSPS) is 28.3. The number of carbonyl (C=O) groups is 1. The molecule has 1 aliphatic rings. The third-order valence-electron chi connectivity index (χ3n) is 2.21. The molecule has 2 unspecified atom stereocenters. The van der Waals surface area contributed by atoms with Gasteiger partial charge in [-0.15, -0.1) is 0 Å². The van der Waals surface area contributed by atoms with Crippen LogP contribution >= 0.6 is 0 Å². The van der Waals surface area contributed by atoms with Crippen LogP contribution in [0.2, 0.25) is 0 Å². The molecule has 0 amide bonds. The van der Waals surface area contributed by atoms with E-state index >= 15 is 0 Å². The van der Waals surface area contributed by atoms with Crippen molar-refractivity contribution in [3.05, 3.63) is 6.92 Å². The Bertz CT molecular complexity index is 170. The smallest absolute Gasteiger partial charge is 0.320 e. The first-order chi connectivity index (χ1) is 5.63. The minimum absolute atomic E-state index is 0.550. The summed E-state index contributed by atoms with van der Waals surface area (Å²) >= 11 is 0. The van der Waals surface area contributed by atoms with Crippen molar-refractivity contribution >= 4 is 5.97 Å². The van der Waals surface area contributed by atoms with Crippen LogP contribution in [0.25, 0.3) is 0 Å². The number of piperidine rings is 1. The minimum Gasteiger partial charge on any atom is -0.480 e. The second-order valence-corrected chi connectivity index (χ2v) is 3.07. The van der Waals surface area contributed by atoms with Crippen LogP contribution in [0.5, 0.6) is 0 Å². The van der Waals surface area contributed by atoms with Gasteiger partial charge in [0.15, 0.2) is 0 Å². The Balaban J connectivity index is 2.60.